The molecule has 3 heterocycles. The fraction of sp³-hybridized carbons (Fsp3) is 0.536. The first-order chi connectivity index (χ1) is 15.8. The largest absolute Gasteiger partial charge is 0.354 e. The minimum Gasteiger partial charge on any atom is -0.354 e. The Hall–Kier alpha value is -2.04. The van der Waals surface area contributed by atoms with Gasteiger partial charge in [0, 0.05) is 35.8 Å². The van der Waals surface area contributed by atoms with Gasteiger partial charge in [0.15, 0.2) is 0 Å². The molecule has 5 rings (SSSR count). The molecule has 2 aromatic heterocycles. The Morgan fingerprint density at radius 3 is 2.45 bits per heavy atom. The maximum Gasteiger partial charge on any atom is 0.269 e. The molecular weight excluding hydrogens is 430 g/mol. The molecule has 2 aliphatic rings. The summed E-state index contributed by atoms with van der Waals surface area (Å²) >= 11 is 6.40. The van der Waals surface area contributed by atoms with Crippen molar-refractivity contribution in [2.75, 3.05) is 13.1 Å². The Kier molecular flexibility index (Phi) is 6.17. The molecule has 0 amide bonds. The highest BCUT2D eigenvalue weighted by Crippen LogP contribution is 2.40. The predicted molar refractivity (Wildman–Crippen MR) is 139 cm³/mol. The van der Waals surface area contributed by atoms with Crippen molar-refractivity contribution < 1.29 is 0 Å². The molecule has 1 saturated carbocycles. The standard InChI is InChI=1S/C28H36ClN3O/c1-17(2)25-22-15-20(19-11-13-32(14-12-19)21-7-5-6-8-21)9-10-24(22)30-27(25)23-16-31(4)28(33)26(29)18(23)3/h9-10,15-17,19,21,30H,5-8,11-14H2,1-4H3. The summed E-state index contributed by atoms with van der Waals surface area (Å²) in [6, 6.07) is 7.84. The number of H-pyrrole nitrogens is 1. The third-order valence-electron chi connectivity index (χ3n) is 8.12. The summed E-state index contributed by atoms with van der Waals surface area (Å²) < 4.78 is 1.59. The molecule has 2 fully saturated rings. The molecule has 0 spiro atoms. The highest BCUT2D eigenvalue weighted by Gasteiger charge is 2.28. The van der Waals surface area contributed by atoms with Gasteiger partial charge in [-0.2, -0.15) is 0 Å². The van der Waals surface area contributed by atoms with E-state index in [2.05, 4.69) is 41.9 Å². The van der Waals surface area contributed by atoms with Crippen molar-refractivity contribution in [3.63, 3.8) is 0 Å². The zero-order chi connectivity index (χ0) is 23.3. The SMILES string of the molecule is Cc1c(-c2[nH]c3ccc(C4CCN(C5CCCC5)CC4)cc3c2C(C)C)cn(C)c(=O)c1Cl. The number of nitrogens with zero attached hydrogens (tertiary/aromatic N) is 2. The van der Waals surface area contributed by atoms with Gasteiger partial charge in [0.25, 0.3) is 5.56 Å². The number of rotatable bonds is 4. The van der Waals surface area contributed by atoms with Gasteiger partial charge in [-0.3, -0.25) is 4.79 Å². The van der Waals surface area contributed by atoms with Crippen molar-refractivity contribution >= 4 is 22.5 Å². The molecule has 5 heteroatoms. The number of aromatic amines is 1. The normalized spacial score (nSPS) is 18.7. The molecule has 3 aromatic rings. The van der Waals surface area contributed by atoms with E-state index in [0.717, 1.165) is 28.4 Å². The Morgan fingerprint density at radius 1 is 1.09 bits per heavy atom. The summed E-state index contributed by atoms with van der Waals surface area (Å²) in [6.07, 6.45) is 10.0. The van der Waals surface area contributed by atoms with E-state index in [1.54, 1.807) is 11.6 Å². The highest BCUT2D eigenvalue weighted by atomic mass is 35.5. The lowest BCUT2D eigenvalue weighted by Crippen LogP contribution is -2.39. The molecule has 1 aliphatic heterocycles. The van der Waals surface area contributed by atoms with Crippen LogP contribution in [0.1, 0.15) is 80.9 Å². The number of nitrogens with one attached hydrogen (secondary N) is 1. The van der Waals surface area contributed by atoms with Crippen LogP contribution in [-0.4, -0.2) is 33.6 Å². The van der Waals surface area contributed by atoms with Crippen LogP contribution in [0, 0.1) is 6.92 Å². The monoisotopic (exact) mass is 465 g/mol. The Labute approximate surface area is 201 Å². The molecule has 4 nitrogen and oxygen atoms in total. The van der Waals surface area contributed by atoms with Crippen LogP contribution in [0.2, 0.25) is 5.02 Å². The van der Waals surface area contributed by atoms with Gasteiger partial charge >= 0.3 is 0 Å². The molecule has 1 N–H and O–H groups in total. The molecule has 0 atom stereocenters. The van der Waals surface area contributed by atoms with E-state index in [4.69, 9.17) is 11.6 Å². The smallest absolute Gasteiger partial charge is 0.269 e. The predicted octanol–water partition coefficient (Wildman–Crippen LogP) is 6.74. The number of hydrogen-bond donors (Lipinski definition) is 1. The fourth-order valence-electron chi connectivity index (χ4n) is 6.20. The van der Waals surface area contributed by atoms with Crippen molar-refractivity contribution in [1.29, 1.82) is 0 Å². The van der Waals surface area contributed by atoms with E-state index in [9.17, 15) is 4.79 Å². The summed E-state index contributed by atoms with van der Waals surface area (Å²) in [5, 5.41) is 1.61. The number of piperidine rings is 1. The van der Waals surface area contributed by atoms with Gasteiger partial charge in [-0.05, 0) is 86.4 Å². The summed E-state index contributed by atoms with van der Waals surface area (Å²) in [5.41, 5.74) is 6.73. The minimum atomic E-state index is -0.147. The number of pyridine rings is 1. The van der Waals surface area contributed by atoms with E-state index in [1.165, 1.54) is 68.1 Å². The van der Waals surface area contributed by atoms with Crippen LogP contribution in [0.15, 0.2) is 29.2 Å². The Balaban J connectivity index is 1.51. The zero-order valence-corrected chi connectivity index (χ0v) is 21.1. The quantitative estimate of drug-likeness (QED) is 0.463. The van der Waals surface area contributed by atoms with Gasteiger partial charge in [0.05, 0.1) is 5.69 Å². The van der Waals surface area contributed by atoms with Crippen LogP contribution in [0.4, 0.5) is 0 Å². The van der Waals surface area contributed by atoms with Gasteiger partial charge in [-0.25, -0.2) is 0 Å². The van der Waals surface area contributed by atoms with Crippen LogP contribution < -0.4 is 5.56 Å². The average molecular weight is 466 g/mol. The lowest BCUT2D eigenvalue weighted by atomic mass is 9.87. The number of aryl methyl sites for hydroxylation is 1. The number of fused-ring (bicyclic) bond motifs is 1. The lowest BCUT2D eigenvalue weighted by molar-refractivity contribution is 0.154. The number of hydrogen-bond acceptors (Lipinski definition) is 2. The van der Waals surface area contributed by atoms with Gasteiger partial charge < -0.3 is 14.5 Å². The Morgan fingerprint density at radius 2 is 1.79 bits per heavy atom. The third kappa shape index (κ3) is 4.06. The molecular formula is C28H36ClN3O. The molecule has 0 unspecified atom stereocenters. The van der Waals surface area contributed by atoms with Gasteiger partial charge in [0.1, 0.15) is 5.02 Å². The number of halogens is 1. The van der Waals surface area contributed by atoms with Crippen LogP contribution in [-0.2, 0) is 7.05 Å². The fourth-order valence-corrected chi connectivity index (χ4v) is 6.43. The maximum atomic E-state index is 12.3. The average Bonchev–Trinajstić information content (AvgIpc) is 3.48. The summed E-state index contributed by atoms with van der Waals surface area (Å²) in [4.78, 5) is 18.7. The number of benzene rings is 1. The van der Waals surface area contributed by atoms with E-state index in [0.29, 0.717) is 16.9 Å². The first-order valence-corrected chi connectivity index (χ1v) is 13.0. The van der Waals surface area contributed by atoms with Gasteiger partial charge in [-0.15, -0.1) is 0 Å². The van der Waals surface area contributed by atoms with Crippen molar-refractivity contribution in [2.45, 2.75) is 77.2 Å². The second kappa shape index (κ2) is 8.96. The first kappa shape index (κ1) is 22.7. The van der Waals surface area contributed by atoms with Crippen LogP contribution in [0.25, 0.3) is 22.2 Å². The van der Waals surface area contributed by atoms with E-state index in [1.807, 2.05) is 13.1 Å². The molecule has 33 heavy (non-hydrogen) atoms. The molecule has 1 aliphatic carbocycles. The number of likely N-dealkylation sites (tertiary alicyclic amines) is 1. The van der Waals surface area contributed by atoms with Gasteiger partial charge in [-0.1, -0.05) is 44.4 Å². The van der Waals surface area contributed by atoms with Crippen LogP contribution in [0.3, 0.4) is 0 Å². The molecule has 176 valence electrons. The van der Waals surface area contributed by atoms with Gasteiger partial charge in [0.2, 0.25) is 0 Å². The second-order valence-electron chi connectivity index (χ2n) is 10.5. The van der Waals surface area contributed by atoms with E-state index >= 15 is 0 Å². The van der Waals surface area contributed by atoms with Crippen molar-refractivity contribution in [2.24, 2.45) is 7.05 Å². The molecule has 1 aromatic carbocycles. The maximum absolute atomic E-state index is 12.3. The van der Waals surface area contributed by atoms with E-state index < -0.39 is 0 Å². The zero-order valence-electron chi connectivity index (χ0n) is 20.4. The molecule has 0 bridgehead atoms. The van der Waals surface area contributed by atoms with Crippen LogP contribution >= 0.6 is 11.6 Å². The van der Waals surface area contributed by atoms with Crippen molar-refractivity contribution in [3.05, 3.63) is 56.5 Å². The lowest BCUT2D eigenvalue weighted by Gasteiger charge is -2.36. The summed E-state index contributed by atoms with van der Waals surface area (Å²) in [6.45, 7) is 8.91. The number of aromatic nitrogens is 2. The third-order valence-corrected chi connectivity index (χ3v) is 8.56. The minimum absolute atomic E-state index is 0.147. The van der Waals surface area contributed by atoms with Crippen LogP contribution in [0.5, 0.6) is 0 Å². The summed E-state index contributed by atoms with van der Waals surface area (Å²) in [7, 11) is 1.77. The first-order valence-electron chi connectivity index (χ1n) is 12.6. The second-order valence-corrected chi connectivity index (χ2v) is 10.9. The molecule has 1 saturated heterocycles. The Bertz CT molecular complexity index is 1220. The highest BCUT2D eigenvalue weighted by molar-refractivity contribution is 6.31. The van der Waals surface area contributed by atoms with Crippen molar-refractivity contribution in [3.8, 4) is 11.3 Å². The summed E-state index contributed by atoms with van der Waals surface area (Å²) in [5.74, 6) is 0.989. The van der Waals surface area contributed by atoms with E-state index in [-0.39, 0.29) is 5.56 Å². The topological polar surface area (TPSA) is 41.0 Å². The molecule has 0 radical (unpaired) electrons. The van der Waals surface area contributed by atoms with Crippen molar-refractivity contribution in [1.82, 2.24) is 14.5 Å².